The number of aromatic nitrogens is 2. The minimum absolute atomic E-state index is 0.671. The molecule has 1 heterocycles. The molecule has 0 bridgehead atoms. The topological polar surface area (TPSA) is 42.7 Å². The monoisotopic (exact) mass is 364 g/mol. The molecule has 0 N–H and O–H groups in total. The van der Waals surface area contributed by atoms with Crippen molar-refractivity contribution in [3.8, 4) is 5.75 Å². The van der Waals surface area contributed by atoms with Crippen LogP contribution in [0, 0.1) is 0 Å². The number of hydrogen-bond acceptors (Lipinski definition) is 4. The van der Waals surface area contributed by atoms with Crippen molar-refractivity contribution in [2.75, 3.05) is 26.2 Å². The Morgan fingerprint density at radius 2 is 1.78 bits per heavy atom. The summed E-state index contributed by atoms with van der Waals surface area (Å²) in [6.45, 7) is 11.0. The van der Waals surface area contributed by atoms with Gasteiger partial charge in [0.15, 0.2) is 0 Å². The zero-order valence-corrected chi connectivity index (χ0v) is 16.4. The highest BCUT2D eigenvalue weighted by atomic mass is 16.5. The van der Waals surface area contributed by atoms with E-state index in [9.17, 15) is 0 Å². The van der Waals surface area contributed by atoms with Gasteiger partial charge in [-0.15, -0.1) is 0 Å². The number of ether oxygens (including phenoxy) is 1. The Hall–Kier alpha value is -2.66. The van der Waals surface area contributed by atoms with E-state index in [4.69, 9.17) is 9.72 Å². The van der Waals surface area contributed by atoms with Gasteiger partial charge in [-0.2, -0.15) is 0 Å². The number of imidazole rings is 1. The molecule has 0 atom stereocenters. The maximum absolute atomic E-state index is 5.49. The van der Waals surface area contributed by atoms with Crippen molar-refractivity contribution < 1.29 is 4.74 Å². The highest BCUT2D eigenvalue weighted by Crippen LogP contribution is 2.22. The van der Waals surface area contributed by atoms with Crippen molar-refractivity contribution in [3.05, 3.63) is 54.1 Å². The molecule has 0 aliphatic carbocycles. The average molecular weight is 364 g/mol. The Balaban J connectivity index is 1.85. The third-order valence-electron chi connectivity index (χ3n) is 4.69. The first-order chi connectivity index (χ1) is 13.2. The van der Waals surface area contributed by atoms with Crippen molar-refractivity contribution in [2.45, 2.75) is 27.3 Å². The summed E-state index contributed by atoms with van der Waals surface area (Å²) < 4.78 is 7.70. The van der Waals surface area contributed by atoms with Gasteiger partial charge >= 0.3 is 0 Å². The molecule has 0 radical (unpaired) electrons. The van der Waals surface area contributed by atoms with E-state index >= 15 is 0 Å². The molecule has 1 aromatic heterocycles. The van der Waals surface area contributed by atoms with E-state index in [0.717, 1.165) is 54.5 Å². The van der Waals surface area contributed by atoms with Crippen LogP contribution in [0.5, 0.6) is 5.75 Å². The molecule has 0 unspecified atom stereocenters. The van der Waals surface area contributed by atoms with Crippen LogP contribution in [0.1, 0.15) is 26.3 Å². The normalized spacial score (nSPS) is 11.7. The molecule has 5 heteroatoms. The maximum Gasteiger partial charge on any atom is 0.230 e. The molecular weight excluding hydrogens is 336 g/mol. The van der Waals surface area contributed by atoms with Gasteiger partial charge in [0.05, 0.1) is 17.6 Å². The van der Waals surface area contributed by atoms with E-state index in [1.165, 1.54) is 0 Å². The minimum atomic E-state index is 0.671. The van der Waals surface area contributed by atoms with E-state index in [1.54, 1.807) is 0 Å². The van der Waals surface area contributed by atoms with E-state index < -0.39 is 0 Å². The smallest absolute Gasteiger partial charge is 0.230 e. The summed E-state index contributed by atoms with van der Waals surface area (Å²) in [5.41, 5.74) is 3.14. The number of benzene rings is 2. The summed E-state index contributed by atoms with van der Waals surface area (Å²) in [7, 11) is 0. The molecule has 0 amide bonds. The van der Waals surface area contributed by atoms with Gasteiger partial charge in [0, 0.05) is 19.3 Å². The molecule has 0 aliphatic heterocycles. The van der Waals surface area contributed by atoms with Crippen molar-refractivity contribution in [3.63, 3.8) is 0 Å². The molecule has 0 spiro atoms. The highest BCUT2D eigenvalue weighted by molar-refractivity contribution is 5.83. The fourth-order valence-corrected chi connectivity index (χ4v) is 3.11. The number of fused-ring (bicyclic) bond motifs is 1. The van der Waals surface area contributed by atoms with Crippen molar-refractivity contribution >= 4 is 23.2 Å². The number of rotatable bonds is 9. The third-order valence-corrected chi connectivity index (χ3v) is 4.69. The summed E-state index contributed by atoms with van der Waals surface area (Å²) in [5, 5.41) is 0. The summed E-state index contributed by atoms with van der Waals surface area (Å²) in [5.74, 6) is 1.62. The predicted octanol–water partition coefficient (Wildman–Crippen LogP) is 4.53. The largest absolute Gasteiger partial charge is 0.494 e. The zero-order chi connectivity index (χ0) is 19.1. The van der Waals surface area contributed by atoms with Crippen LogP contribution in [0.15, 0.2) is 53.5 Å². The Morgan fingerprint density at radius 1 is 1.04 bits per heavy atom. The number of aliphatic imine (C=N–C) groups is 1. The van der Waals surface area contributed by atoms with E-state index in [-0.39, 0.29) is 0 Å². The Morgan fingerprint density at radius 3 is 2.48 bits per heavy atom. The lowest BCUT2D eigenvalue weighted by Crippen LogP contribution is -2.26. The summed E-state index contributed by atoms with van der Waals surface area (Å²) >= 11 is 0. The van der Waals surface area contributed by atoms with Gasteiger partial charge in [-0.1, -0.05) is 26.0 Å². The van der Waals surface area contributed by atoms with Gasteiger partial charge in [0.25, 0.3) is 0 Å². The number of nitrogens with zero attached hydrogens (tertiary/aromatic N) is 4. The molecule has 27 heavy (non-hydrogen) atoms. The van der Waals surface area contributed by atoms with Crippen LogP contribution in [-0.2, 0) is 6.54 Å². The highest BCUT2D eigenvalue weighted by Gasteiger charge is 2.10. The fraction of sp³-hybridized carbons (Fsp3) is 0.364. The van der Waals surface area contributed by atoms with Gasteiger partial charge in [-0.3, -0.25) is 0 Å². The molecular formula is C22H28N4O. The van der Waals surface area contributed by atoms with Gasteiger partial charge in [-0.05, 0) is 62.0 Å². The first kappa shape index (κ1) is 19.1. The van der Waals surface area contributed by atoms with Crippen LogP contribution in [0.25, 0.3) is 11.0 Å². The second-order valence-electron chi connectivity index (χ2n) is 6.34. The van der Waals surface area contributed by atoms with E-state index in [2.05, 4.69) is 40.4 Å². The SMILES string of the molecule is CCOc1ccc(C=Nc2nc3ccccc3n2CCN(CC)CC)cc1. The molecule has 142 valence electrons. The van der Waals surface area contributed by atoms with Crippen LogP contribution < -0.4 is 4.74 Å². The summed E-state index contributed by atoms with van der Waals surface area (Å²) in [6.07, 6.45) is 1.87. The molecule has 0 saturated heterocycles. The summed E-state index contributed by atoms with van der Waals surface area (Å²) in [4.78, 5) is 11.8. The molecule has 0 saturated carbocycles. The molecule has 3 rings (SSSR count). The average Bonchev–Trinajstić information content (AvgIpc) is 3.06. The zero-order valence-electron chi connectivity index (χ0n) is 16.4. The minimum Gasteiger partial charge on any atom is -0.494 e. The standard InChI is InChI=1S/C22H28N4O/c1-4-25(5-2)15-16-26-21-10-8-7-9-20(21)24-22(26)23-17-18-11-13-19(14-12-18)27-6-3/h7-14,17H,4-6,15-16H2,1-3H3. The quantitative estimate of drug-likeness (QED) is 0.524. The number of likely N-dealkylation sites (N-methyl/N-ethyl adjacent to an activating group) is 1. The lowest BCUT2D eigenvalue weighted by Gasteiger charge is -2.18. The first-order valence-corrected chi connectivity index (χ1v) is 9.69. The van der Waals surface area contributed by atoms with Crippen LogP contribution in [0.3, 0.4) is 0 Å². The maximum atomic E-state index is 5.49. The molecule has 3 aromatic rings. The van der Waals surface area contributed by atoms with Crippen molar-refractivity contribution in [2.24, 2.45) is 4.99 Å². The van der Waals surface area contributed by atoms with Crippen molar-refractivity contribution in [1.82, 2.24) is 14.5 Å². The molecule has 5 nitrogen and oxygen atoms in total. The van der Waals surface area contributed by atoms with Gasteiger partial charge in [0.2, 0.25) is 5.95 Å². The van der Waals surface area contributed by atoms with Crippen LogP contribution in [0.4, 0.5) is 5.95 Å². The second-order valence-corrected chi connectivity index (χ2v) is 6.34. The predicted molar refractivity (Wildman–Crippen MR) is 112 cm³/mol. The fourth-order valence-electron chi connectivity index (χ4n) is 3.11. The lowest BCUT2D eigenvalue weighted by atomic mass is 10.2. The van der Waals surface area contributed by atoms with Crippen LogP contribution >= 0.6 is 0 Å². The van der Waals surface area contributed by atoms with E-state index in [1.807, 2.05) is 49.5 Å². The summed E-state index contributed by atoms with van der Waals surface area (Å²) in [6, 6.07) is 16.2. The Labute approximate surface area is 161 Å². The molecule has 2 aromatic carbocycles. The number of hydrogen-bond donors (Lipinski definition) is 0. The van der Waals surface area contributed by atoms with Crippen LogP contribution in [0.2, 0.25) is 0 Å². The van der Waals surface area contributed by atoms with Crippen LogP contribution in [-0.4, -0.2) is 46.9 Å². The van der Waals surface area contributed by atoms with E-state index in [0.29, 0.717) is 6.61 Å². The van der Waals surface area contributed by atoms with Gasteiger partial charge in [0.1, 0.15) is 5.75 Å². The molecule has 0 fully saturated rings. The van der Waals surface area contributed by atoms with Crippen molar-refractivity contribution in [1.29, 1.82) is 0 Å². The Kier molecular flexibility index (Phi) is 6.60. The van der Waals surface area contributed by atoms with Gasteiger partial charge < -0.3 is 14.2 Å². The number of para-hydroxylation sites is 2. The lowest BCUT2D eigenvalue weighted by molar-refractivity contribution is 0.292. The Bertz CT molecular complexity index is 879. The third kappa shape index (κ3) is 4.74. The first-order valence-electron chi connectivity index (χ1n) is 9.69. The van der Waals surface area contributed by atoms with Gasteiger partial charge in [-0.25, -0.2) is 9.98 Å². The second kappa shape index (κ2) is 9.33. The molecule has 0 aliphatic rings.